The van der Waals surface area contributed by atoms with Gasteiger partial charge >= 0.3 is 0 Å². The molecule has 1 heterocycles. The molecular formula is C20H30ClN3O3. The number of carbonyl (C=O) groups excluding carboxylic acids is 1. The van der Waals surface area contributed by atoms with Crippen LogP contribution in [-0.4, -0.2) is 50.4 Å². The molecule has 3 N–H and O–H groups in total. The molecule has 1 aromatic carbocycles. The van der Waals surface area contributed by atoms with Gasteiger partial charge in [-0.15, -0.1) is 0 Å². The Balaban J connectivity index is 1.64. The van der Waals surface area contributed by atoms with E-state index >= 15 is 0 Å². The van der Waals surface area contributed by atoms with Crippen LogP contribution in [0.4, 0.5) is 5.69 Å². The van der Waals surface area contributed by atoms with E-state index in [0.29, 0.717) is 24.6 Å². The van der Waals surface area contributed by atoms with E-state index in [1.807, 2.05) is 39.0 Å². The summed E-state index contributed by atoms with van der Waals surface area (Å²) in [7, 11) is 1.65. The summed E-state index contributed by atoms with van der Waals surface area (Å²) >= 11 is 6.15. The summed E-state index contributed by atoms with van der Waals surface area (Å²) in [6.45, 7) is 8.13. The molecule has 0 radical (unpaired) electrons. The van der Waals surface area contributed by atoms with Crippen LogP contribution in [0.1, 0.15) is 33.6 Å². The molecule has 1 amide bonds. The van der Waals surface area contributed by atoms with Crippen LogP contribution in [-0.2, 0) is 9.53 Å². The second-order valence-electron chi connectivity index (χ2n) is 8.06. The van der Waals surface area contributed by atoms with Gasteiger partial charge in [-0.1, -0.05) is 25.4 Å². The maximum Gasteiger partial charge on any atom is 0.241 e. The molecule has 7 heteroatoms. The monoisotopic (exact) mass is 395 g/mol. The summed E-state index contributed by atoms with van der Waals surface area (Å²) in [4.78, 5) is 15.1. The molecule has 2 fully saturated rings. The molecule has 6 nitrogen and oxygen atoms in total. The average Bonchev–Trinajstić information content (AvgIpc) is 3.09. The number of methoxy groups -OCH3 is 1. The Morgan fingerprint density at radius 3 is 2.81 bits per heavy atom. The minimum atomic E-state index is -0.895. The summed E-state index contributed by atoms with van der Waals surface area (Å²) < 4.78 is 11.2. The number of nitrogens with zero attached hydrogens (tertiary/aromatic N) is 1. The predicted molar refractivity (Wildman–Crippen MR) is 107 cm³/mol. The van der Waals surface area contributed by atoms with Crippen LogP contribution < -0.4 is 20.7 Å². The Hall–Kier alpha value is -1.50. The molecule has 3 rings (SSSR count). The van der Waals surface area contributed by atoms with E-state index in [1.54, 1.807) is 7.11 Å². The van der Waals surface area contributed by atoms with Gasteiger partial charge in [0.05, 0.1) is 18.9 Å². The van der Waals surface area contributed by atoms with E-state index in [1.165, 1.54) is 0 Å². The number of amides is 1. The van der Waals surface area contributed by atoms with E-state index in [9.17, 15) is 4.79 Å². The lowest BCUT2D eigenvalue weighted by Crippen LogP contribution is -2.76. The van der Waals surface area contributed by atoms with Crippen LogP contribution >= 0.6 is 11.6 Å². The first kappa shape index (κ1) is 20.2. The van der Waals surface area contributed by atoms with Crippen molar-refractivity contribution in [1.29, 1.82) is 0 Å². The van der Waals surface area contributed by atoms with E-state index in [-0.39, 0.29) is 23.5 Å². The number of nitrogens with two attached hydrogens (primary N) is 1. The minimum absolute atomic E-state index is 0.0223. The normalized spacial score (nSPS) is 29.3. The third-order valence-corrected chi connectivity index (χ3v) is 6.48. The van der Waals surface area contributed by atoms with Gasteiger partial charge in [0.15, 0.2) is 0 Å². The third-order valence-electron chi connectivity index (χ3n) is 6.24. The largest absolute Gasteiger partial charge is 0.495 e. The molecule has 1 aliphatic heterocycles. The van der Waals surface area contributed by atoms with Crippen molar-refractivity contribution in [2.45, 2.75) is 51.3 Å². The first-order chi connectivity index (χ1) is 12.7. The van der Waals surface area contributed by atoms with Gasteiger partial charge in [0.1, 0.15) is 11.3 Å². The smallest absolute Gasteiger partial charge is 0.241 e. The van der Waals surface area contributed by atoms with Crippen LogP contribution in [0.3, 0.4) is 0 Å². The molecule has 0 spiro atoms. The quantitative estimate of drug-likeness (QED) is 0.774. The molecule has 3 atom stereocenters. The Morgan fingerprint density at radius 1 is 1.44 bits per heavy atom. The Kier molecular flexibility index (Phi) is 5.62. The molecule has 0 aromatic heterocycles. The molecule has 0 bridgehead atoms. The van der Waals surface area contributed by atoms with Crippen LogP contribution in [0.15, 0.2) is 18.2 Å². The number of halogens is 1. The van der Waals surface area contributed by atoms with Gasteiger partial charge in [0.25, 0.3) is 0 Å². The molecule has 3 unspecified atom stereocenters. The van der Waals surface area contributed by atoms with E-state index in [0.717, 1.165) is 24.4 Å². The molecule has 2 aliphatic rings. The standard InChI is InChI=1S/C20H30ClN3O3/c1-5-27-17-11-20(22,19(17,2)3)18(25)23-14-8-9-24(12-14)15-10-13(21)6-7-16(15)26-4/h6-7,10,14,17H,5,8-9,11-12,22H2,1-4H3,(H,23,25). The number of nitrogens with one attached hydrogen (secondary N) is 1. The molecule has 1 saturated heterocycles. The first-order valence-electron chi connectivity index (χ1n) is 9.53. The number of anilines is 1. The van der Waals surface area contributed by atoms with Crippen molar-refractivity contribution in [3.63, 3.8) is 0 Å². The van der Waals surface area contributed by atoms with Gasteiger partial charge < -0.3 is 25.4 Å². The average molecular weight is 396 g/mol. The second-order valence-corrected chi connectivity index (χ2v) is 8.50. The predicted octanol–water partition coefficient (Wildman–Crippen LogP) is 2.58. The zero-order chi connectivity index (χ0) is 19.8. The van der Waals surface area contributed by atoms with Crippen LogP contribution in [0, 0.1) is 5.41 Å². The van der Waals surface area contributed by atoms with Gasteiger partial charge in [0.2, 0.25) is 5.91 Å². The summed E-state index contributed by atoms with van der Waals surface area (Å²) in [5.74, 6) is 0.690. The summed E-state index contributed by atoms with van der Waals surface area (Å²) in [6.07, 6.45) is 1.43. The van der Waals surface area contributed by atoms with Crippen LogP contribution in [0.2, 0.25) is 5.02 Å². The summed E-state index contributed by atoms with van der Waals surface area (Å²) in [6, 6.07) is 5.62. The summed E-state index contributed by atoms with van der Waals surface area (Å²) in [5, 5.41) is 3.82. The second kappa shape index (κ2) is 7.49. The minimum Gasteiger partial charge on any atom is -0.495 e. The molecular weight excluding hydrogens is 366 g/mol. The van der Waals surface area contributed by atoms with E-state index in [4.69, 9.17) is 26.8 Å². The zero-order valence-electron chi connectivity index (χ0n) is 16.5. The lowest BCUT2D eigenvalue weighted by Gasteiger charge is -2.57. The Morgan fingerprint density at radius 2 is 2.19 bits per heavy atom. The number of benzene rings is 1. The number of hydrogen-bond donors (Lipinski definition) is 2. The van der Waals surface area contributed by atoms with Gasteiger partial charge in [-0.25, -0.2) is 0 Å². The first-order valence-corrected chi connectivity index (χ1v) is 9.90. The van der Waals surface area contributed by atoms with Crippen molar-refractivity contribution in [2.75, 3.05) is 31.7 Å². The lowest BCUT2D eigenvalue weighted by molar-refractivity contribution is -0.171. The Bertz CT molecular complexity index is 712. The van der Waals surface area contributed by atoms with Gasteiger partial charge in [-0.3, -0.25) is 4.79 Å². The highest BCUT2D eigenvalue weighted by Crippen LogP contribution is 2.50. The van der Waals surface area contributed by atoms with E-state index < -0.39 is 5.54 Å². The topological polar surface area (TPSA) is 76.8 Å². The number of rotatable bonds is 6. The maximum absolute atomic E-state index is 12.9. The molecule has 1 aliphatic carbocycles. The van der Waals surface area contributed by atoms with Crippen LogP contribution in [0.5, 0.6) is 5.75 Å². The SMILES string of the molecule is CCOC1CC(N)(C(=O)NC2CCN(c3cc(Cl)ccc3OC)C2)C1(C)C. The fraction of sp³-hybridized carbons (Fsp3) is 0.650. The van der Waals surface area contributed by atoms with Gasteiger partial charge in [-0.2, -0.15) is 0 Å². The molecule has 1 aromatic rings. The highest BCUT2D eigenvalue weighted by molar-refractivity contribution is 6.30. The Labute approximate surface area is 166 Å². The lowest BCUT2D eigenvalue weighted by atomic mass is 9.54. The van der Waals surface area contributed by atoms with Crippen molar-refractivity contribution in [2.24, 2.45) is 11.1 Å². The fourth-order valence-electron chi connectivity index (χ4n) is 4.14. The van der Waals surface area contributed by atoms with E-state index in [2.05, 4.69) is 10.2 Å². The highest BCUT2D eigenvalue weighted by atomic mass is 35.5. The number of carbonyl (C=O) groups is 1. The third kappa shape index (κ3) is 3.50. The van der Waals surface area contributed by atoms with Crippen molar-refractivity contribution < 1.29 is 14.3 Å². The zero-order valence-corrected chi connectivity index (χ0v) is 17.3. The van der Waals surface area contributed by atoms with Gasteiger partial charge in [0, 0.05) is 42.6 Å². The van der Waals surface area contributed by atoms with Crippen molar-refractivity contribution in [3.8, 4) is 5.75 Å². The molecule has 150 valence electrons. The fourth-order valence-corrected chi connectivity index (χ4v) is 4.31. The number of ether oxygens (including phenoxy) is 2. The van der Waals surface area contributed by atoms with Crippen LogP contribution in [0.25, 0.3) is 0 Å². The van der Waals surface area contributed by atoms with Crippen molar-refractivity contribution >= 4 is 23.2 Å². The highest BCUT2D eigenvalue weighted by Gasteiger charge is 2.63. The molecule has 27 heavy (non-hydrogen) atoms. The van der Waals surface area contributed by atoms with Crippen molar-refractivity contribution in [3.05, 3.63) is 23.2 Å². The van der Waals surface area contributed by atoms with Crippen molar-refractivity contribution in [1.82, 2.24) is 5.32 Å². The van der Waals surface area contributed by atoms with Gasteiger partial charge in [-0.05, 0) is 31.5 Å². The molecule has 1 saturated carbocycles. The summed E-state index contributed by atoms with van der Waals surface area (Å²) in [5.41, 5.74) is 6.16. The number of hydrogen-bond acceptors (Lipinski definition) is 5. The maximum atomic E-state index is 12.9.